The number of halogens is 1. The Bertz CT molecular complexity index is 1280. The van der Waals surface area contributed by atoms with E-state index in [4.69, 9.17) is 15.2 Å². The number of nitrogens with one attached hydrogen (secondary N) is 2. The van der Waals surface area contributed by atoms with E-state index < -0.39 is 37.7 Å². The summed E-state index contributed by atoms with van der Waals surface area (Å²) in [6.45, 7) is 16.7. The van der Waals surface area contributed by atoms with Crippen LogP contribution in [-0.4, -0.2) is 53.1 Å². The number of anilines is 2. The van der Waals surface area contributed by atoms with Crippen molar-refractivity contribution < 1.29 is 23.5 Å². The number of aromatic nitrogens is 3. The molecule has 2 aromatic heterocycles. The molecule has 0 aliphatic heterocycles. The van der Waals surface area contributed by atoms with Crippen LogP contribution in [0.5, 0.6) is 0 Å². The molecular weight excluding hydrogens is 555 g/mol. The topological polar surface area (TPSA) is 133 Å². The number of alkyl carbamates (subject to hydrolysis) is 1. The fourth-order valence-corrected chi connectivity index (χ4v) is 6.18. The lowest BCUT2D eigenvalue weighted by atomic mass is 9.89. The van der Waals surface area contributed by atoms with Gasteiger partial charge in [-0.25, -0.2) is 14.5 Å². The molecule has 0 radical (unpaired) electrons. The van der Waals surface area contributed by atoms with Crippen LogP contribution in [0.4, 0.5) is 20.7 Å². The van der Waals surface area contributed by atoms with E-state index in [2.05, 4.69) is 40.4 Å². The highest BCUT2D eigenvalue weighted by molar-refractivity contribution is 6.76. The number of nitrogens with zero attached hydrogens (tertiary/aromatic N) is 3. The van der Waals surface area contributed by atoms with E-state index >= 15 is 4.39 Å². The lowest BCUT2D eigenvalue weighted by Gasteiger charge is -2.29. The van der Waals surface area contributed by atoms with Gasteiger partial charge in [0, 0.05) is 37.7 Å². The van der Waals surface area contributed by atoms with E-state index in [1.807, 2.05) is 6.92 Å². The first-order chi connectivity index (χ1) is 19.5. The molecule has 2 aliphatic carbocycles. The van der Waals surface area contributed by atoms with Crippen molar-refractivity contribution in [2.24, 2.45) is 17.8 Å². The monoisotopic (exact) mass is 602 g/mol. The average molecular weight is 603 g/mol. The summed E-state index contributed by atoms with van der Waals surface area (Å²) in [5.41, 5.74) is 7.78. The van der Waals surface area contributed by atoms with E-state index in [1.54, 1.807) is 32.4 Å². The number of amides is 2. The minimum Gasteiger partial charge on any atom is -0.444 e. The third-order valence-corrected chi connectivity index (χ3v) is 9.47. The Labute approximate surface area is 249 Å². The Morgan fingerprint density at radius 1 is 1.14 bits per heavy atom. The minimum atomic E-state index is -1.22. The zero-order valence-electron chi connectivity index (χ0n) is 26.3. The Kier molecular flexibility index (Phi) is 9.36. The summed E-state index contributed by atoms with van der Waals surface area (Å²) in [5, 5.41) is 10.1. The van der Waals surface area contributed by atoms with Gasteiger partial charge in [-0.15, -0.1) is 0 Å². The van der Waals surface area contributed by atoms with Crippen molar-refractivity contribution in [2.75, 3.05) is 17.7 Å². The fourth-order valence-electron chi connectivity index (χ4n) is 5.42. The van der Waals surface area contributed by atoms with Crippen LogP contribution >= 0.6 is 0 Å². The number of aryl methyl sites for hydroxylation is 1. The molecule has 2 fully saturated rings. The molecule has 2 aliphatic rings. The highest BCUT2D eigenvalue weighted by Crippen LogP contribution is 2.51. The van der Waals surface area contributed by atoms with Crippen molar-refractivity contribution in [3.8, 4) is 11.1 Å². The second kappa shape index (κ2) is 12.3. The fraction of sp³-hybridized carbons (Fsp3) is 0.667. The summed E-state index contributed by atoms with van der Waals surface area (Å²) in [6, 6.07) is 1.66. The molecule has 12 heteroatoms. The quantitative estimate of drug-likeness (QED) is 0.157. The van der Waals surface area contributed by atoms with Crippen LogP contribution < -0.4 is 16.4 Å². The molecule has 2 aromatic rings. The minimum absolute atomic E-state index is 0.0110. The maximum absolute atomic E-state index is 15.6. The first-order valence-electron chi connectivity index (χ1n) is 14.9. The molecule has 0 saturated heterocycles. The predicted molar refractivity (Wildman–Crippen MR) is 164 cm³/mol. The number of rotatable bonds is 12. The SMILES string of the molecule is Cc1nn(COCC[Si](C)(C)C)c(C)c1-c1c(N)cc(NC(=O)[C@@H](NC(=O)OC(C)(C)C)C(C2CC2)C2CC2)nc1F. The molecule has 232 valence electrons. The molecule has 10 nitrogen and oxygen atoms in total. The first kappa shape index (κ1) is 31.9. The Morgan fingerprint density at radius 2 is 1.76 bits per heavy atom. The van der Waals surface area contributed by atoms with Crippen molar-refractivity contribution in [3.63, 3.8) is 0 Å². The first-order valence-corrected chi connectivity index (χ1v) is 18.6. The second-order valence-corrected chi connectivity index (χ2v) is 19.6. The van der Waals surface area contributed by atoms with Gasteiger partial charge in [-0.3, -0.25) is 4.79 Å². The number of ether oxygens (including phenoxy) is 2. The van der Waals surface area contributed by atoms with Gasteiger partial charge in [0.1, 0.15) is 24.2 Å². The third kappa shape index (κ3) is 8.31. The Balaban J connectivity index is 1.52. The van der Waals surface area contributed by atoms with E-state index in [9.17, 15) is 9.59 Å². The molecule has 2 amide bonds. The molecular formula is C30H47FN6O4Si. The number of carbonyl (C=O) groups is 2. The highest BCUT2D eigenvalue weighted by Gasteiger charge is 2.48. The standard InChI is InChI=1S/C30H47FN6O4Si/c1-17-23(18(2)37(36-17)16-40-13-14-42(6,7)8)25-21(32)15-22(33-27(25)31)34-28(38)26(35-29(39)41-30(3,4)5)24(19-9-10-19)20-11-12-20/h15,19-20,24,26H,9-14,16H2,1-8H3,(H,35,39)(H3,32,33,34,38)/t26-/m0/s1. The third-order valence-electron chi connectivity index (χ3n) is 7.77. The van der Waals surface area contributed by atoms with Gasteiger partial charge >= 0.3 is 6.09 Å². The van der Waals surface area contributed by atoms with E-state index in [0.717, 1.165) is 31.7 Å². The van der Waals surface area contributed by atoms with Gasteiger partial charge in [0.25, 0.3) is 0 Å². The van der Waals surface area contributed by atoms with Crippen LogP contribution in [0.1, 0.15) is 57.8 Å². The molecule has 1 atom stereocenters. The molecule has 0 bridgehead atoms. The molecule has 4 N–H and O–H groups in total. The summed E-state index contributed by atoms with van der Waals surface area (Å²) in [4.78, 5) is 30.3. The van der Waals surface area contributed by atoms with Crippen LogP contribution in [0.25, 0.3) is 11.1 Å². The number of hydrogen-bond donors (Lipinski definition) is 3. The number of nitrogen functional groups attached to an aromatic ring is 1. The number of hydrogen-bond acceptors (Lipinski definition) is 7. The van der Waals surface area contributed by atoms with Gasteiger partial charge in [-0.2, -0.15) is 9.49 Å². The van der Waals surface area contributed by atoms with Gasteiger partial charge in [0.2, 0.25) is 11.9 Å². The summed E-state index contributed by atoms with van der Waals surface area (Å²) in [7, 11) is -1.22. The van der Waals surface area contributed by atoms with E-state index in [-0.39, 0.29) is 29.7 Å². The summed E-state index contributed by atoms with van der Waals surface area (Å²) in [6.07, 6.45) is 3.42. The smallest absolute Gasteiger partial charge is 0.408 e. The van der Waals surface area contributed by atoms with Crippen molar-refractivity contribution >= 4 is 31.6 Å². The molecule has 0 unspecified atom stereocenters. The second-order valence-electron chi connectivity index (χ2n) is 14.0. The van der Waals surface area contributed by atoms with Gasteiger partial charge in [-0.1, -0.05) is 19.6 Å². The van der Waals surface area contributed by atoms with Crippen LogP contribution in [0.3, 0.4) is 0 Å². The van der Waals surface area contributed by atoms with E-state index in [1.165, 1.54) is 6.07 Å². The molecule has 0 aromatic carbocycles. The largest absolute Gasteiger partial charge is 0.444 e. The summed E-state index contributed by atoms with van der Waals surface area (Å²) < 4.78 is 28.6. The van der Waals surface area contributed by atoms with Crippen LogP contribution in [-0.2, 0) is 21.0 Å². The molecule has 0 spiro atoms. The van der Waals surface area contributed by atoms with Gasteiger partial charge < -0.3 is 25.8 Å². The highest BCUT2D eigenvalue weighted by atomic mass is 28.3. The molecule has 42 heavy (non-hydrogen) atoms. The van der Waals surface area contributed by atoms with Crippen LogP contribution in [0, 0.1) is 37.5 Å². The zero-order chi connectivity index (χ0) is 31.0. The Morgan fingerprint density at radius 3 is 2.29 bits per heavy atom. The Hall–Kier alpha value is -2.99. The van der Waals surface area contributed by atoms with Crippen LogP contribution in [0.15, 0.2) is 6.07 Å². The molecule has 2 saturated carbocycles. The van der Waals surface area contributed by atoms with Gasteiger partial charge in [0.15, 0.2) is 0 Å². The van der Waals surface area contributed by atoms with Crippen molar-refractivity contribution in [2.45, 2.75) is 104 Å². The average Bonchev–Trinajstić information content (AvgIpc) is 3.76. The van der Waals surface area contributed by atoms with Crippen molar-refractivity contribution in [1.82, 2.24) is 20.1 Å². The van der Waals surface area contributed by atoms with Crippen molar-refractivity contribution in [3.05, 3.63) is 23.4 Å². The van der Waals surface area contributed by atoms with Gasteiger partial charge in [0.05, 0.1) is 11.3 Å². The lowest BCUT2D eigenvalue weighted by Crippen LogP contribution is -2.51. The maximum Gasteiger partial charge on any atom is 0.408 e. The van der Waals surface area contributed by atoms with Crippen molar-refractivity contribution in [1.29, 1.82) is 0 Å². The maximum atomic E-state index is 15.6. The summed E-state index contributed by atoms with van der Waals surface area (Å²) in [5.74, 6) is -0.571. The normalized spacial score (nSPS) is 16.4. The lowest BCUT2D eigenvalue weighted by molar-refractivity contribution is -0.120. The van der Waals surface area contributed by atoms with Gasteiger partial charge in [-0.05, 0) is 84.1 Å². The molecule has 2 heterocycles. The van der Waals surface area contributed by atoms with E-state index in [0.29, 0.717) is 35.4 Å². The number of nitrogens with two attached hydrogens (primary N) is 1. The van der Waals surface area contributed by atoms with Crippen LogP contribution in [0.2, 0.25) is 25.7 Å². The number of carbonyl (C=O) groups excluding carboxylic acids is 2. The molecule has 4 rings (SSSR count). The predicted octanol–water partition coefficient (Wildman–Crippen LogP) is 5.86. The summed E-state index contributed by atoms with van der Waals surface area (Å²) >= 11 is 0. The zero-order valence-corrected chi connectivity index (χ0v) is 27.3. The number of pyridine rings is 1.